The molecule has 1 aromatic heterocycles. The Labute approximate surface area is 135 Å². The van der Waals surface area contributed by atoms with Crippen molar-refractivity contribution in [3.05, 3.63) is 62.5 Å². The van der Waals surface area contributed by atoms with Crippen LogP contribution < -0.4 is 5.32 Å². The lowest BCUT2D eigenvalue weighted by atomic mass is 9.91. The van der Waals surface area contributed by atoms with Crippen molar-refractivity contribution in [2.75, 3.05) is 13.6 Å². The molecule has 1 heterocycles. The van der Waals surface area contributed by atoms with Crippen LogP contribution in [0.5, 0.6) is 0 Å². The Balaban J connectivity index is 2.33. The van der Waals surface area contributed by atoms with Gasteiger partial charge in [-0.3, -0.25) is 4.98 Å². The summed E-state index contributed by atoms with van der Waals surface area (Å²) < 4.78 is 1.34. The quantitative estimate of drug-likeness (QED) is 0.798. The monoisotopic (exact) mass is 380 g/mol. The van der Waals surface area contributed by atoms with E-state index in [2.05, 4.69) is 71.0 Å². The number of hydrogen-bond donors (Lipinski definition) is 1. The Morgan fingerprint density at radius 2 is 1.90 bits per heavy atom. The van der Waals surface area contributed by atoms with Crippen LogP contribution in [-0.4, -0.2) is 18.6 Å². The van der Waals surface area contributed by atoms with Gasteiger partial charge < -0.3 is 5.32 Å². The van der Waals surface area contributed by atoms with E-state index in [1.54, 1.807) is 0 Å². The molecule has 0 radical (unpaired) electrons. The first-order valence-corrected chi connectivity index (χ1v) is 8.01. The fourth-order valence-electron chi connectivity index (χ4n) is 2.61. The maximum Gasteiger partial charge on any atom is 0.0479 e. The van der Waals surface area contributed by atoms with Gasteiger partial charge in [-0.15, -0.1) is 0 Å². The van der Waals surface area contributed by atoms with E-state index in [0.717, 1.165) is 13.0 Å². The highest BCUT2D eigenvalue weighted by atomic mass is 127. The molecule has 106 valence electrons. The molecule has 0 bridgehead atoms. The third-order valence-corrected chi connectivity index (χ3v) is 4.70. The van der Waals surface area contributed by atoms with E-state index in [0.29, 0.717) is 5.92 Å². The summed E-state index contributed by atoms with van der Waals surface area (Å²) in [6, 6.07) is 10.7. The number of aromatic nitrogens is 1. The average molecular weight is 380 g/mol. The highest BCUT2D eigenvalue weighted by Gasteiger charge is 2.17. The van der Waals surface area contributed by atoms with Crippen LogP contribution in [0.25, 0.3) is 0 Å². The first-order chi connectivity index (χ1) is 9.63. The van der Waals surface area contributed by atoms with Crippen LogP contribution >= 0.6 is 22.6 Å². The summed E-state index contributed by atoms with van der Waals surface area (Å²) in [7, 11) is 2.01. The van der Waals surface area contributed by atoms with Crippen LogP contribution in [0.15, 0.2) is 36.5 Å². The van der Waals surface area contributed by atoms with Crippen molar-refractivity contribution in [1.82, 2.24) is 10.3 Å². The Morgan fingerprint density at radius 3 is 2.55 bits per heavy atom. The molecular weight excluding hydrogens is 359 g/mol. The number of rotatable bonds is 5. The minimum atomic E-state index is 0.413. The summed E-state index contributed by atoms with van der Waals surface area (Å²) >= 11 is 2.44. The third-order valence-electron chi connectivity index (χ3n) is 3.69. The highest BCUT2D eigenvalue weighted by Crippen LogP contribution is 2.26. The van der Waals surface area contributed by atoms with E-state index in [9.17, 15) is 0 Å². The molecule has 1 unspecified atom stereocenters. The summed E-state index contributed by atoms with van der Waals surface area (Å²) in [6.45, 7) is 5.29. The summed E-state index contributed by atoms with van der Waals surface area (Å²) in [5, 5.41) is 3.31. The van der Waals surface area contributed by atoms with Crippen molar-refractivity contribution < 1.29 is 0 Å². The summed E-state index contributed by atoms with van der Waals surface area (Å²) in [6.07, 6.45) is 2.93. The molecule has 20 heavy (non-hydrogen) atoms. The predicted molar refractivity (Wildman–Crippen MR) is 93.2 cm³/mol. The van der Waals surface area contributed by atoms with Crippen LogP contribution in [-0.2, 0) is 6.42 Å². The number of benzene rings is 1. The minimum absolute atomic E-state index is 0.413. The van der Waals surface area contributed by atoms with E-state index >= 15 is 0 Å². The number of nitrogens with one attached hydrogen (secondary N) is 1. The lowest BCUT2D eigenvalue weighted by Gasteiger charge is -2.20. The van der Waals surface area contributed by atoms with Crippen LogP contribution in [0.1, 0.15) is 28.3 Å². The van der Waals surface area contributed by atoms with Crippen LogP contribution in [0.4, 0.5) is 0 Å². The van der Waals surface area contributed by atoms with E-state index in [-0.39, 0.29) is 0 Å². The molecule has 0 amide bonds. The predicted octanol–water partition coefficient (Wildman–Crippen LogP) is 3.85. The second-order valence-corrected chi connectivity index (χ2v) is 6.36. The van der Waals surface area contributed by atoms with Crippen molar-refractivity contribution >= 4 is 22.6 Å². The molecule has 0 aliphatic rings. The maximum atomic E-state index is 4.61. The van der Waals surface area contributed by atoms with E-state index in [1.807, 2.05) is 19.3 Å². The zero-order chi connectivity index (χ0) is 14.5. The fraction of sp³-hybridized carbons (Fsp3) is 0.353. The molecule has 0 aliphatic heterocycles. The Kier molecular flexibility index (Phi) is 5.54. The number of hydrogen-bond acceptors (Lipinski definition) is 2. The largest absolute Gasteiger partial charge is 0.319 e. The standard InChI is InChI=1S/C17H21IN2/c1-12-6-4-8-16(18)15(12)10-14(11-19-3)17-13(2)7-5-9-20-17/h4-9,14,19H,10-11H2,1-3H3. The van der Waals surface area contributed by atoms with Gasteiger partial charge in [-0.1, -0.05) is 18.2 Å². The first kappa shape index (κ1) is 15.4. The molecule has 0 fully saturated rings. The first-order valence-electron chi connectivity index (χ1n) is 6.93. The number of pyridine rings is 1. The molecule has 0 spiro atoms. The lowest BCUT2D eigenvalue weighted by Crippen LogP contribution is -2.21. The van der Waals surface area contributed by atoms with Crippen molar-refractivity contribution in [2.24, 2.45) is 0 Å². The molecule has 3 heteroatoms. The van der Waals surface area contributed by atoms with Gasteiger partial charge in [0.15, 0.2) is 0 Å². The van der Waals surface area contributed by atoms with Crippen molar-refractivity contribution in [3.8, 4) is 0 Å². The van der Waals surface area contributed by atoms with Gasteiger partial charge in [-0.05, 0) is 78.7 Å². The molecule has 2 rings (SSSR count). The van der Waals surface area contributed by atoms with Crippen molar-refractivity contribution in [1.29, 1.82) is 0 Å². The molecule has 1 atom stereocenters. The van der Waals surface area contributed by atoms with Gasteiger partial charge in [0.1, 0.15) is 0 Å². The summed E-state index contributed by atoms with van der Waals surface area (Å²) in [4.78, 5) is 4.61. The smallest absolute Gasteiger partial charge is 0.0479 e. The van der Waals surface area contributed by atoms with Gasteiger partial charge in [-0.25, -0.2) is 0 Å². The summed E-state index contributed by atoms with van der Waals surface area (Å²) in [5.74, 6) is 0.413. The van der Waals surface area contributed by atoms with E-state index in [1.165, 1.54) is 26.0 Å². The third kappa shape index (κ3) is 3.58. The SMILES string of the molecule is CNCC(Cc1c(C)cccc1I)c1ncccc1C. The molecule has 0 saturated heterocycles. The van der Waals surface area contributed by atoms with Gasteiger partial charge in [0.05, 0.1) is 0 Å². The van der Waals surface area contributed by atoms with Gasteiger partial charge in [0, 0.05) is 27.9 Å². The number of aryl methyl sites for hydroxylation is 2. The topological polar surface area (TPSA) is 24.9 Å². The average Bonchev–Trinajstić information content (AvgIpc) is 2.43. The van der Waals surface area contributed by atoms with Gasteiger partial charge >= 0.3 is 0 Å². The maximum absolute atomic E-state index is 4.61. The second kappa shape index (κ2) is 7.18. The zero-order valence-corrected chi connectivity index (χ0v) is 14.4. The van der Waals surface area contributed by atoms with Gasteiger partial charge in [-0.2, -0.15) is 0 Å². The molecule has 0 saturated carbocycles. The number of nitrogens with zero attached hydrogens (tertiary/aromatic N) is 1. The van der Waals surface area contributed by atoms with Crippen LogP contribution in [0.2, 0.25) is 0 Å². The highest BCUT2D eigenvalue weighted by molar-refractivity contribution is 14.1. The molecule has 1 N–H and O–H groups in total. The Hall–Kier alpha value is -0.940. The van der Waals surface area contributed by atoms with E-state index < -0.39 is 0 Å². The van der Waals surface area contributed by atoms with Crippen LogP contribution in [0, 0.1) is 17.4 Å². The van der Waals surface area contributed by atoms with Gasteiger partial charge in [0.25, 0.3) is 0 Å². The molecular formula is C17H21IN2. The van der Waals surface area contributed by atoms with Crippen molar-refractivity contribution in [3.63, 3.8) is 0 Å². The Morgan fingerprint density at radius 1 is 1.15 bits per heavy atom. The van der Waals surface area contributed by atoms with E-state index in [4.69, 9.17) is 0 Å². The molecule has 2 nitrogen and oxygen atoms in total. The zero-order valence-electron chi connectivity index (χ0n) is 12.3. The molecule has 2 aromatic rings. The van der Waals surface area contributed by atoms with Crippen LogP contribution in [0.3, 0.4) is 0 Å². The number of halogens is 1. The summed E-state index contributed by atoms with van der Waals surface area (Å²) in [5.41, 5.74) is 5.29. The second-order valence-electron chi connectivity index (χ2n) is 5.20. The minimum Gasteiger partial charge on any atom is -0.319 e. The Bertz CT molecular complexity index is 561. The van der Waals surface area contributed by atoms with Gasteiger partial charge in [0.2, 0.25) is 0 Å². The molecule has 0 aliphatic carbocycles. The lowest BCUT2D eigenvalue weighted by molar-refractivity contribution is 0.605. The van der Waals surface area contributed by atoms with Crippen molar-refractivity contribution in [2.45, 2.75) is 26.2 Å². The number of likely N-dealkylation sites (N-methyl/N-ethyl adjacent to an activating group) is 1. The molecule has 1 aromatic carbocycles. The fourth-order valence-corrected chi connectivity index (χ4v) is 3.46. The normalized spacial score (nSPS) is 12.4.